The first-order valence-corrected chi connectivity index (χ1v) is 11.0. The standard InChI is InChI=1S/C22H26FN3O3S/c1-2-11-24-21(28)19(25-20(27)18-4-3-14-30-18)15-9-12-26(13-10-15)22(29)16-5-7-17(23)8-6-16/h3-8,14-15,19H,2,9-13H2,1H3,(H,24,28)(H,25,27)/t19-/m1/s1. The van der Waals surface area contributed by atoms with Gasteiger partial charge in [-0.2, -0.15) is 0 Å². The van der Waals surface area contributed by atoms with Gasteiger partial charge < -0.3 is 15.5 Å². The third-order valence-electron chi connectivity index (χ3n) is 5.25. The topological polar surface area (TPSA) is 78.5 Å². The normalized spacial score (nSPS) is 15.5. The lowest BCUT2D eigenvalue weighted by Gasteiger charge is -2.35. The van der Waals surface area contributed by atoms with Crippen LogP contribution >= 0.6 is 11.3 Å². The number of benzene rings is 1. The van der Waals surface area contributed by atoms with Crippen LogP contribution in [0.5, 0.6) is 0 Å². The number of hydrogen-bond donors (Lipinski definition) is 2. The Kier molecular flexibility index (Phi) is 7.57. The monoisotopic (exact) mass is 431 g/mol. The molecule has 2 heterocycles. The summed E-state index contributed by atoms with van der Waals surface area (Å²) < 4.78 is 13.1. The predicted octanol–water partition coefficient (Wildman–Crippen LogP) is 3.06. The van der Waals surface area contributed by atoms with Crippen molar-refractivity contribution in [3.8, 4) is 0 Å². The number of thiophene rings is 1. The van der Waals surface area contributed by atoms with Gasteiger partial charge in [-0.1, -0.05) is 13.0 Å². The molecule has 1 saturated heterocycles. The van der Waals surface area contributed by atoms with E-state index in [1.54, 1.807) is 17.0 Å². The fraction of sp³-hybridized carbons (Fsp3) is 0.409. The number of carbonyl (C=O) groups is 3. The second-order valence-corrected chi connectivity index (χ2v) is 8.30. The zero-order valence-electron chi connectivity index (χ0n) is 16.9. The molecule has 1 atom stereocenters. The van der Waals surface area contributed by atoms with Crippen LogP contribution in [-0.2, 0) is 4.79 Å². The van der Waals surface area contributed by atoms with Gasteiger partial charge >= 0.3 is 0 Å². The molecular weight excluding hydrogens is 405 g/mol. The van der Waals surface area contributed by atoms with Crippen LogP contribution in [0.25, 0.3) is 0 Å². The number of amides is 3. The Bertz CT molecular complexity index is 862. The van der Waals surface area contributed by atoms with Gasteiger partial charge in [-0.15, -0.1) is 11.3 Å². The highest BCUT2D eigenvalue weighted by molar-refractivity contribution is 7.12. The smallest absolute Gasteiger partial charge is 0.262 e. The Balaban J connectivity index is 1.64. The second-order valence-electron chi connectivity index (χ2n) is 7.36. The number of rotatable bonds is 7. The summed E-state index contributed by atoms with van der Waals surface area (Å²) in [6.45, 7) is 3.48. The number of likely N-dealkylation sites (tertiary alicyclic amines) is 1. The van der Waals surface area contributed by atoms with Crippen molar-refractivity contribution in [2.75, 3.05) is 19.6 Å². The average molecular weight is 432 g/mol. The highest BCUT2D eigenvalue weighted by Crippen LogP contribution is 2.23. The minimum Gasteiger partial charge on any atom is -0.354 e. The first-order valence-electron chi connectivity index (χ1n) is 10.2. The fourth-order valence-corrected chi connectivity index (χ4v) is 4.21. The van der Waals surface area contributed by atoms with Crippen LogP contribution in [0.15, 0.2) is 41.8 Å². The van der Waals surface area contributed by atoms with E-state index in [0.29, 0.717) is 42.9 Å². The summed E-state index contributed by atoms with van der Waals surface area (Å²) in [5, 5.41) is 7.59. The zero-order valence-corrected chi connectivity index (χ0v) is 17.7. The van der Waals surface area contributed by atoms with E-state index in [-0.39, 0.29) is 29.5 Å². The van der Waals surface area contributed by atoms with Crippen molar-refractivity contribution >= 4 is 29.1 Å². The van der Waals surface area contributed by atoms with E-state index >= 15 is 0 Å². The van der Waals surface area contributed by atoms with Crippen LogP contribution in [-0.4, -0.2) is 48.3 Å². The summed E-state index contributed by atoms with van der Waals surface area (Å²) in [4.78, 5) is 40.2. The molecule has 3 amide bonds. The van der Waals surface area contributed by atoms with Gasteiger partial charge in [0.2, 0.25) is 5.91 Å². The van der Waals surface area contributed by atoms with Crippen molar-refractivity contribution in [3.63, 3.8) is 0 Å². The summed E-state index contributed by atoms with van der Waals surface area (Å²) in [7, 11) is 0. The molecule has 0 bridgehead atoms. The lowest BCUT2D eigenvalue weighted by Crippen LogP contribution is -2.53. The predicted molar refractivity (Wildman–Crippen MR) is 114 cm³/mol. The Labute approximate surface area is 179 Å². The van der Waals surface area contributed by atoms with E-state index in [1.165, 1.54) is 35.6 Å². The molecule has 2 aromatic rings. The minimum absolute atomic E-state index is 0.0666. The molecule has 0 spiro atoms. The summed E-state index contributed by atoms with van der Waals surface area (Å²) in [5.74, 6) is -1.05. The van der Waals surface area contributed by atoms with Crippen molar-refractivity contribution in [2.45, 2.75) is 32.2 Å². The maximum Gasteiger partial charge on any atom is 0.262 e. The molecule has 0 aliphatic carbocycles. The highest BCUT2D eigenvalue weighted by atomic mass is 32.1. The van der Waals surface area contributed by atoms with Crippen LogP contribution in [0.3, 0.4) is 0 Å². The van der Waals surface area contributed by atoms with Crippen LogP contribution in [0, 0.1) is 11.7 Å². The van der Waals surface area contributed by atoms with Gasteiger partial charge in [0.1, 0.15) is 11.9 Å². The van der Waals surface area contributed by atoms with Gasteiger partial charge in [0.15, 0.2) is 0 Å². The molecule has 3 rings (SSSR count). The molecule has 160 valence electrons. The van der Waals surface area contributed by atoms with Gasteiger partial charge in [0, 0.05) is 25.2 Å². The van der Waals surface area contributed by atoms with E-state index in [4.69, 9.17) is 0 Å². The Morgan fingerprint density at radius 1 is 1.17 bits per heavy atom. The molecule has 30 heavy (non-hydrogen) atoms. The number of nitrogens with zero attached hydrogens (tertiary/aromatic N) is 1. The summed E-state index contributed by atoms with van der Waals surface area (Å²) >= 11 is 1.33. The maximum absolute atomic E-state index is 13.1. The lowest BCUT2D eigenvalue weighted by atomic mass is 9.88. The highest BCUT2D eigenvalue weighted by Gasteiger charge is 2.34. The van der Waals surface area contributed by atoms with Crippen molar-refractivity contribution in [3.05, 3.63) is 58.0 Å². The lowest BCUT2D eigenvalue weighted by molar-refractivity contribution is -0.124. The molecule has 1 aromatic carbocycles. The van der Waals surface area contributed by atoms with Crippen LogP contribution in [0.1, 0.15) is 46.2 Å². The molecule has 2 N–H and O–H groups in total. The molecule has 1 aliphatic rings. The number of piperidine rings is 1. The largest absolute Gasteiger partial charge is 0.354 e. The summed E-state index contributed by atoms with van der Waals surface area (Å²) in [6.07, 6.45) is 2.01. The third kappa shape index (κ3) is 5.44. The maximum atomic E-state index is 13.1. The van der Waals surface area contributed by atoms with Gasteiger partial charge in [-0.25, -0.2) is 4.39 Å². The molecule has 0 saturated carbocycles. The van der Waals surface area contributed by atoms with E-state index in [9.17, 15) is 18.8 Å². The van der Waals surface area contributed by atoms with E-state index < -0.39 is 6.04 Å². The third-order valence-corrected chi connectivity index (χ3v) is 6.12. The molecule has 8 heteroatoms. The van der Waals surface area contributed by atoms with Crippen molar-refractivity contribution in [1.82, 2.24) is 15.5 Å². The zero-order chi connectivity index (χ0) is 21.5. The van der Waals surface area contributed by atoms with Crippen molar-refractivity contribution in [1.29, 1.82) is 0 Å². The molecule has 6 nitrogen and oxygen atoms in total. The number of hydrogen-bond acceptors (Lipinski definition) is 4. The molecule has 0 radical (unpaired) electrons. The van der Waals surface area contributed by atoms with Gasteiger partial charge in [0.25, 0.3) is 11.8 Å². The first kappa shape index (κ1) is 22.0. The molecular formula is C22H26FN3O3S. The second kappa shape index (κ2) is 10.3. The fourth-order valence-electron chi connectivity index (χ4n) is 3.59. The van der Waals surface area contributed by atoms with Crippen LogP contribution in [0.4, 0.5) is 4.39 Å². The molecule has 1 aliphatic heterocycles. The average Bonchev–Trinajstić information content (AvgIpc) is 3.31. The Hall–Kier alpha value is -2.74. The number of carbonyl (C=O) groups excluding carboxylic acids is 3. The van der Waals surface area contributed by atoms with Crippen LogP contribution in [0.2, 0.25) is 0 Å². The van der Waals surface area contributed by atoms with Gasteiger partial charge in [-0.3, -0.25) is 14.4 Å². The van der Waals surface area contributed by atoms with E-state index in [1.807, 2.05) is 12.3 Å². The SMILES string of the molecule is CCCNC(=O)[C@H](NC(=O)c1cccs1)C1CCN(C(=O)c2ccc(F)cc2)CC1. The molecule has 1 fully saturated rings. The minimum atomic E-state index is -0.644. The molecule has 0 unspecified atom stereocenters. The van der Waals surface area contributed by atoms with Gasteiger partial charge in [-0.05, 0) is 60.9 Å². The van der Waals surface area contributed by atoms with Gasteiger partial charge in [0.05, 0.1) is 4.88 Å². The quantitative estimate of drug-likeness (QED) is 0.707. The Morgan fingerprint density at radius 3 is 2.47 bits per heavy atom. The summed E-state index contributed by atoms with van der Waals surface area (Å²) in [5.41, 5.74) is 0.443. The first-order chi connectivity index (χ1) is 14.5. The number of nitrogens with one attached hydrogen (secondary N) is 2. The summed E-state index contributed by atoms with van der Waals surface area (Å²) in [6, 6.07) is 8.38. The molecule has 1 aromatic heterocycles. The number of halogens is 1. The Morgan fingerprint density at radius 2 is 1.87 bits per heavy atom. The van der Waals surface area contributed by atoms with E-state index in [2.05, 4.69) is 10.6 Å². The van der Waals surface area contributed by atoms with Crippen molar-refractivity contribution in [2.24, 2.45) is 5.92 Å². The van der Waals surface area contributed by atoms with Crippen molar-refractivity contribution < 1.29 is 18.8 Å². The van der Waals surface area contributed by atoms with E-state index in [0.717, 1.165) is 6.42 Å². The van der Waals surface area contributed by atoms with Crippen LogP contribution < -0.4 is 10.6 Å².